The first-order chi connectivity index (χ1) is 10.6. The zero-order valence-electron chi connectivity index (χ0n) is 12.9. The predicted octanol–water partition coefficient (Wildman–Crippen LogP) is 2.18. The van der Waals surface area contributed by atoms with Gasteiger partial charge < -0.3 is 14.2 Å². The van der Waals surface area contributed by atoms with Gasteiger partial charge in [-0.2, -0.15) is 4.98 Å². The van der Waals surface area contributed by atoms with Gasteiger partial charge in [0.1, 0.15) is 5.75 Å². The number of likely N-dealkylation sites (N-methyl/N-ethyl adjacent to an activating group) is 1. The van der Waals surface area contributed by atoms with Crippen LogP contribution in [0.4, 0.5) is 0 Å². The van der Waals surface area contributed by atoms with E-state index in [0.717, 1.165) is 10.6 Å². The molecule has 0 spiro atoms. The third kappa shape index (κ3) is 4.77. The van der Waals surface area contributed by atoms with Crippen LogP contribution in [-0.2, 0) is 11.2 Å². The van der Waals surface area contributed by atoms with E-state index in [9.17, 15) is 4.79 Å². The van der Waals surface area contributed by atoms with Crippen molar-refractivity contribution in [1.29, 1.82) is 0 Å². The highest BCUT2D eigenvalue weighted by molar-refractivity contribution is 8.00. The van der Waals surface area contributed by atoms with Crippen molar-refractivity contribution in [2.45, 2.75) is 18.2 Å². The molecule has 0 radical (unpaired) electrons. The third-order valence-electron chi connectivity index (χ3n) is 3.07. The first-order valence-corrected chi connectivity index (χ1v) is 7.87. The fraction of sp³-hybridized carbons (Fsp3) is 0.400. The fourth-order valence-electron chi connectivity index (χ4n) is 1.78. The van der Waals surface area contributed by atoms with Crippen LogP contribution in [0.2, 0.25) is 0 Å². The number of ether oxygens (including phenoxy) is 1. The fourth-order valence-corrected chi connectivity index (χ4v) is 2.67. The van der Waals surface area contributed by atoms with Crippen molar-refractivity contribution >= 4 is 17.7 Å². The molecule has 0 aliphatic rings. The monoisotopic (exact) mass is 321 g/mol. The van der Waals surface area contributed by atoms with Gasteiger partial charge in [-0.25, -0.2) is 0 Å². The lowest BCUT2D eigenvalue weighted by Crippen LogP contribution is -2.30. The number of nitrogens with zero attached hydrogens (tertiary/aromatic N) is 3. The van der Waals surface area contributed by atoms with Crippen molar-refractivity contribution in [3.8, 4) is 5.75 Å². The number of aromatic nitrogens is 2. The van der Waals surface area contributed by atoms with Gasteiger partial charge in [-0.3, -0.25) is 4.79 Å². The van der Waals surface area contributed by atoms with Crippen LogP contribution in [0.25, 0.3) is 0 Å². The van der Waals surface area contributed by atoms with E-state index in [4.69, 9.17) is 9.26 Å². The van der Waals surface area contributed by atoms with Gasteiger partial charge in [0.05, 0.1) is 12.9 Å². The number of benzene rings is 1. The van der Waals surface area contributed by atoms with Crippen molar-refractivity contribution in [3.05, 3.63) is 36.0 Å². The van der Waals surface area contributed by atoms with E-state index in [1.54, 1.807) is 26.0 Å². The highest BCUT2D eigenvalue weighted by Crippen LogP contribution is 2.22. The summed E-state index contributed by atoms with van der Waals surface area (Å²) in [6, 6.07) is 7.67. The van der Waals surface area contributed by atoms with E-state index >= 15 is 0 Å². The van der Waals surface area contributed by atoms with Crippen LogP contribution < -0.4 is 4.74 Å². The Morgan fingerprint density at radius 2 is 2.27 bits per heavy atom. The Labute approximate surface area is 133 Å². The summed E-state index contributed by atoms with van der Waals surface area (Å²) >= 11 is 1.49. The molecule has 0 unspecified atom stereocenters. The SMILES string of the molecule is COc1cccc(SCC(=O)N(C)CCc2noc(C)n2)c1. The largest absolute Gasteiger partial charge is 0.497 e. The summed E-state index contributed by atoms with van der Waals surface area (Å²) in [4.78, 5) is 18.9. The molecule has 0 aliphatic heterocycles. The highest BCUT2D eigenvalue weighted by atomic mass is 32.2. The van der Waals surface area contributed by atoms with Gasteiger partial charge in [0, 0.05) is 31.8 Å². The van der Waals surface area contributed by atoms with Crippen LogP contribution in [0.1, 0.15) is 11.7 Å². The number of amides is 1. The van der Waals surface area contributed by atoms with Crippen LogP contribution in [-0.4, -0.2) is 47.4 Å². The van der Waals surface area contributed by atoms with Gasteiger partial charge in [-0.15, -0.1) is 11.8 Å². The van der Waals surface area contributed by atoms with Crippen molar-refractivity contribution in [2.24, 2.45) is 0 Å². The molecule has 1 aromatic heterocycles. The molecule has 0 N–H and O–H groups in total. The smallest absolute Gasteiger partial charge is 0.232 e. The number of methoxy groups -OCH3 is 1. The van der Waals surface area contributed by atoms with Crippen molar-refractivity contribution in [3.63, 3.8) is 0 Å². The second-order valence-electron chi connectivity index (χ2n) is 4.76. The van der Waals surface area contributed by atoms with Crippen LogP contribution >= 0.6 is 11.8 Å². The van der Waals surface area contributed by atoms with Gasteiger partial charge in [0.15, 0.2) is 5.82 Å². The minimum Gasteiger partial charge on any atom is -0.497 e. The van der Waals surface area contributed by atoms with Gasteiger partial charge in [-0.05, 0) is 18.2 Å². The molecule has 2 rings (SSSR count). The molecule has 7 heteroatoms. The number of hydrogen-bond acceptors (Lipinski definition) is 6. The van der Waals surface area contributed by atoms with Crippen LogP contribution in [0.15, 0.2) is 33.7 Å². The first-order valence-electron chi connectivity index (χ1n) is 6.88. The molecule has 0 aliphatic carbocycles. The number of carbonyl (C=O) groups is 1. The maximum Gasteiger partial charge on any atom is 0.232 e. The molecule has 1 amide bonds. The molecule has 22 heavy (non-hydrogen) atoms. The van der Waals surface area contributed by atoms with Crippen molar-refractivity contribution in [2.75, 3.05) is 26.5 Å². The quantitative estimate of drug-likeness (QED) is 0.728. The molecule has 0 atom stereocenters. The standard InChI is InChI=1S/C15H19N3O3S/c1-11-16-14(17-21-11)7-8-18(2)15(19)10-22-13-6-4-5-12(9-13)20-3/h4-6,9H,7-8,10H2,1-3H3. The third-order valence-corrected chi connectivity index (χ3v) is 4.05. The number of carbonyl (C=O) groups excluding carboxylic acids is 1. The Kier molecular flexibility index (Phi) is 5.83. The normalized spacial score (nSPS) is 10.5. The minimum atomic E-state index is 0.0630. The molecule has 2 aromatic rings. The Morgan fingerprint density at radius 3 is 2.95 bits per heavy atom. The molecule has 0 saturated heterocycles. The van der Waals surface area contributed by atoms with E-state index in [-0.39, 0.29) is 5.91 Å². The Hall–Kier alpha value is -2.02. The summed E-state index contributed by atoms with van der Waals surface area (Å²) in [7, 11) is 3.41. The number of hydrogen-bond donors (Lipinski definition) is 0. The van der Waals surface area contributed by atoms with Crippen molar-refractivity contribution in [1.82, 2.24) is 15.0 Å². The molecule has 1 heterocycles. The van der Waals surface area contributed by atoms with Gasteiger partial charge in [-0.1, -0.05) is 11.2 Å². The second kappa shape index (κ2) is 7.84. The van der Waals surface area contributed by atoms with E-state index in [0.29, 0.717) is 30.4 Å². The molecular formula is C15H19N3O3S. The van der Waals surface area contributed by atoms with Crippen LogP contribution in [0.5, 0.6) is 5.75 Å². The zero-order chi connectivity index (χ0) is 15.9. The van der Waals surface area contributed by atoms with Crippen LogP contribution in [0, 0.1) is 6.92 Å². The van der Waals surface area contributed by atoms with E-state index in [1.165, 1.54) is 11.8 Å². The molecule has 1 aromatic carbocycles. The zero-order valence-corrected chi connectivity index (χ0v) is 13.7. The van der Waals surface area contributed by atoms with Gasteiger partial charge in [0.25, 0.3) is 0 Å². The van der Waals surface area contributed by atoms with E-state index in [1.807, 2.05) is 24.3 Å². The maximum absolute atomic E-state index is 12.1. The Bertz CT molecular complexity index is 630. The molecule has 0 saturated carbocycles. The summed E-state index contributed by atoms with van der Waals surface area (Å²) in [5.74, 6) is 2.40. The highest BCUT2D eigenvalue weighted by Gasteiger charge is 2.11. The molecule has 6 nitrogen and oxygen atoms in total. The molecule has 0 fully saturated rings. The lowest BCUT2D eigenvalue weighted by atomic mass is 10.3. The van der Waals surface area contributed by atoms with Gasteiger partial charge >= 0.3 is 0 Å². The maximum atomic E-state index is 12.1. The lowest BCUT2D eigenvalue weighted by Gasteiger charge is -2.15. The summed E-state index contributed by atoms with van der Waals surface area (Å²) < 4.78 is 10.1. The van der Waals surface area contributed by atoms with Gasteiger partial charge in [0.2, 0.25) is 11.8 Å². The Balaban J connectivity index is 1.78. The lowest BCUT2D eigenvalue weighted by molar-refractivity contribution is -0.127. The number of aryl methyl sites for hydroxylation is 1. The first kappa shape index (κ1) is 16.4. The average Bonchev–Trinajstić information content (AvgIpc) is 2.96. The van der Waals surface area contributed by atoms with Crippen molar-refractivity contribution < 1.29 is 14.1 Å². The topological polar surface area (TPSA) is 68.5 Å². The summed E-state index contributed by atoms with van der Waals surface area (Å²) in [6.07, 6.45) is 0.587. The molecule has 118 valence electrons. The average molecular weight is 321 g/mol. The van der Waals surface area contributed by atoms with Crippen LogP contribution in [0.3, 0.4) is 0 Å². The molecular weight excluding hydrogens is 302 g/mol. The summed E-state index contributed by atoms with van der Waals surface area (Å²) in [5, 5.41) is 3.82. The number of rotatable bonds is 7. The predicted molar refractivity (Wildman–Crippen MR) is 84.1 cm³/mol. The second-order valence-corrected chi connectivity index (χ2v) is 5.81. The van der Waals surface area contributed by atoms with E-state index < -0.39 is 0 Å². The summed E-state index contributed by atoms with van der Waals surface area (Å²) in [5.41, 5.74) is 0. The van der Waals surface area contributed by atoms with E-state index in [2.05, 4.69) is 10.1 Å². The summed E-state index contributed by atoms with van der Waals surface area (Å²) in [6.45, 7) is 2.31. The number of thioether (sulfide) groups is 1. The molecule has 0 bridgehead atoms. The Morgan fingerprint density at radius 1 is 1.45 bits per heavy atom. The minimum absolute atomic E-state index is 0.0630.